The van der Waals surface area contributed by atoms with Crippen molar-refractivity contribution in [3.8, 4) is 0 Å². The normalized spacial score (nSPS) is 15.9. The van der Waals surface area contributed by atoms with Gasteiger partial charge in [-0.2, -0.15) is 0 Å². The molecule has 148 valence electrons. The summed E-state index contributed by atoms with van der Waals surface area (Å²) < 4.78 is 32.3. The number of aromatic nitrogens is 1. The Morgan fingerprint density at radius 1 is 1.21 bits per heavy atom. The van der Waals surface area contributed by atoms with Crippen LogP contribution in [-0.4, -0.2) is 48.3 Å². The predicted molar refractivity (Wildman–Crippen MR) is 111 cm³/mol. The van der Waals surface area contributed by atoms with Crippen LogP contribution in [0, 0.1) is 0 Å². The molecule has 0 saturated carbocycles. The number of para-hydroxylation sites is 1. The van der Waals surface area contributed by atoms with E-state index in [9.17, 15) is 13.2 Å². The number of piperidine rings is 1. The molecule has 1 aliphatic heterocycles. The monoisotopic (exact) mass is 436 g/mol. The van der Waals surface area contributed by atoms with Crippen LogP contribution in [0.3, 0.4) is 0 Å². The van der Waals surface area contributed by atoms with Gasteiger partial charge in [0.25, 0.3) is 0 Å². The number of rotatable bonds is 6. The van der Waals surface area contributed by atoms with E-state index in [2.05, 4.69) is 4.98 Å². The van der Waals surface area contributed by atoms with Crippen molar-refractivity contribution in [1.82, 2.24) is 9.88 Å². The highest BCUT2D eigenvalue weighted by atomic mass is 32.2. The van der Waals surface area contributed by atoms with Crippen LogP contribution in [-0.2, 0) is 20.4 Å². The van der Waals surface area contributed by atoms with Gasteiger partial charge in [0.05, 0.1) is 27.5 Å². The first-order valence-electron chi connectivity index (χ1n) is 9.01. The molecule has 0 aliphatic carbocycles. The first-order valence-corrected chi connectivity index (χ1v) is 12.5. The molecule has 1 amide bonds. The van der Waals surface area contributed by atoms with Gasteiger partial charge in [-0.15, -0.1) is 11.3 Å². The number of thiazole rings is 1. The molecule has 1 fully saturated rings. The Labute approximate surface area is 171 Å². The SMILES string of the molecule is O=C(CSc1nc2ccccc2s1)N1CCC(S(=O)(=O)Cc2ccco2)CC1. The summed E-state index contributed by atoms with van der Waals surface area (Å²) in [5.41, 5.74) is 0.949. The van der Waals surface area contributed by atoms with Gasteiger partial charge >= 0.3 is 0 Å². The summed E-state index contributed by atoms with van der Waals surface area (Å²) >= 11 is 3.03. The van der Waals surface area contributed by atoms with E-state index >= 15 is 0 Å². The molecule has 0 unspecified atom stereocenters. The van der Waals surface area contributed by atoms with E-state index in [1.807, 2.05) is 24.3 Å². The van der Waals surface area contributed by atoms with Gasteiger partial charge in [0, 0.05) is 13.1 Å². The minimum atomic E-state index is -3.27. The van der Waals surface area contributed by atoms with E-state index in [4.69, 9.17) is 4.42 Å². The number of benzene rings is 1. The molecule has 4 rings (SSSR count). The number of fused-ring (bicyclic) bond motifs is 1. The maximum Gasteiger partial charge on any atom is 0.233 e. The van der Waals surface area contributed by atoms with Gasteiger partial charge in [0.1, 0.15) is 11.5 Å². The van der Waals surface area contributed by atoms with Gasteiger partial charge in [-0.3, -0.25) is 4.79 Å². The topological polar surface area (TPSA) is 80.5 Å². The van der Waals surface area contributed by atoms with Gasteiger partial charge in [-0.1, -0.05) is 23.9 Å². The number of amides is 1. The van der Waals surface area contributed by atoms with Gasteiger partial charge in [0.2, 0.25) is 5.91 Å². The quantitative estimate of drug-likeness (QED) is 0.550. The van der Waals surface area contributed by atoms with Crippen molar-refractivity contribution in [3.63, 3.8) is 0 Å². The van der Waals surface area contributed by atoms with Gasteiger partial charge in [-0.05, 0) is 37.1 Å². The largest absolute Gasteiger partial charge is 0.468 e. The molecule has 3 heterocycles. The molecule has 6 nitrogen and oxygen atoms in total. The second kappa shape index (κ2) is 8.26. The minimum absolute atomic E-state index is 0.0335. The number of thioether (sulfide) groups is 1. The number of sulfone groups is 1. The van der Waals surface area contributed by atoms with E-state index < -0.39 is 15.1 Å². The van der Waals surface area contributed by atoms with E-state index in [0.717, 1.165) is 14.6 Å². The molecule has 1 saturated heterocycles. The molecule has 0 spiro atoms. The lowest BCUT2D eigenvalue weighted by molar-refractivity contribution is -0.129. The molecule has 0 radical (unpaired) electrons. The lowest BCUT2D eigenvalue weighted by Gasteiger charge is -2.31. The maximum absolute atomic E-state index is 12.6. The number of hydrogen-bond donors (Lipinski definition) is 0. The van der Waals surface area contributed by atoms with Gasteiger partial charge in [0.15, 0.2) is 14.2 Å². The zero-order valence-corrected chi connectivity index (χ0v) is 17.6. The number of nitrogens with zero attached hydrogens (tertiary/aromatic N) is 2. The average Bonchev–Trinajstić information content (AvgIpc) is 3.35. The smallest absolute Gasteiger partial charge is 0.233 e. The fraction of sp³-hybridized carbons (Fsp3) is 0.368. The Bertz CT molecular complexity index is 1020. The van der Waals surface area contributed by atoms with Gasteiger partial charge in [-0.25, -0.2) is 13.4 Å². The number of hydrogen-bond acceptors (Lipinski definition) is 7. The molecular weight excluding hydrogens is 416 g/mol. The summed E-state index contributed by atoms with van der Waals surface area (Å²) in [7, 11) is -3.27. The van der Waals surface area contributed by atoms with E-state index in [1.165, 1.54) is 18.0 Å². The molecule has 28 heavy (non-hydrogen) atoms. The van der Waals surface area contributed by atoms with Crippen molar-refractivity contribution in [3.05, 3.63) is 48.4 Å². The van der Waals surface area contributed by atoms with Gasteiger partial charge < -0.3 is 9.32 Å². The molecular formula is C19H20N2O4S3. The summed E-state index contributed by atoms with van der Waals surface area (Å²) in [6, 6.07) is 11.3. The molecule has 9 heteroatoms. The molecule has 0 N–H and O–H groups in total. The van der Waals surface area contributed by atoms with Crippen LogP contribution in [0.15, 0.2) is 51.4 Å². The van der Waals surface area contributed by atoms with Crippen LogP contribution >= 0.6 is 23.1 Å². The van der Waals surface area contributed by atoms with Crippen LogP contribution in [0.2, 0.25) is 0 Å². The Balaban J connectivity index is 1.29. The number of furan rings is 1. The van der Waals surface area contributed by atoms with Crippen molar-refractivity contribution in [2.45, 2.75) is 28.2 Å². The summed E-state index contributed by atoms with van der Waals surface area (Å²) in [4.78, 5) is 18.8. The summed E-state index contributed by atoms with van der Waals surface area (Å²) in [6.07, 6.45) is 2.43. The Kier molecular flexibility index (Phi) is 5.75. The molecule has 0 bridgehead atoms. The summed E-state index contributed by atoms with van der Waals surface area (Å²) in [5, 5.41) is -0.418. The van der Waals surface area contributed by atoms with Crippen LogP contribution in [0.5, 0.6) is 0 Å². The molecule has 3 aromatic rings. The summed E-state index contributed by atoms with van der Waals surface area (Å²) in [6.45, 7) is 0.947. The van der Waals surface area contributed by atoms with Crippen molar-refractivity contribution < 1.29 is 17.6 Å². The third kappa shape index (κ3) is 4.42. The van der Waals surface area contributed by atoms with Crippen LogP contribution in [0.25, 0.3) is 10.2 Å². The molecule has 2 aromatic heterocycles. The lowest BCUT2D eigenvalue weighted by Crippen LogP contribution is -2.43. The Hall–Kier alpha value is -1.84. The molecule has 1 aliphatic rings. The van der Waals surface area contributed by atoms with E-state index in [1.54, 1.807) is 28.4 Å². The first-order chi connectivity index (χ1) is 13.5. The number of likely N-dealkylation sites (tertiary alicyclic amines) is 1. The third-order valence-corrected chi connectivity index (χ3v) is 9.16. The van der Waals surface area contributed by atoms with E-state index in [-0.39, 0.29) is 11.7 Å². The minimum Gasteiger partial charge on any atom is -0.468 e. The highest BCUT2D eigenvalue weighted by Crippen LogP contribution is 2.30. The van der Waals surface area contributed by atoms with Crippen LogP contribution < -0.4 is 0 Å². The average molecular weight is 437 g/mol. The maximum atomic E-state index is 12.6. The standard InChI is InChI=1S/C19H20N2O4S3/c22-18(12-26-19-20-16-5-1-2-6-17(16)27-19)21-9-7-15(8-10-21)28(23,24)13-14-4-3-11-25-14/h1-6,11,15H,7-10,12-13H2. The van der Waals surface area contributed by atoms with Crippen molar-refractivity contribution in [1.29, 1.82) is 0 Å². The highest BCUT2D eigenvalue weighted by molar-refractivity contribution is 8.01. The van der Waals surface area contributed by atoms with Crippen LogP contribution in [0.4, 0.5) is 0 Å². The molecule has 1 aromatic carbocycles. The van der Waals surface area contributed by atoms with Crippen LogP contribution in [0.1, 0.15) is 18.6 Å². The Morgan fingerprint density at radius 3 is 2.71 bits per heavy atom. The molecule has 0 atom stereocenters. The summed E-state index contributed by atoms with van der Waals surface area (Å²) in [5.74, 6) is 0.743. The van der Waals surface area contributed by atoms with Crippen molar-refractivity contribution in [2.75, 3.05) is 18.8 Å². The fourth-order valence-electron chi connectivity index (χ4n) is 3.30. The second-order valence-electron chi connectivity index (χ2n) is 6.70. The highest BCUT2D eigenvalue weighted by Gasteiger charge is 2.32. The Morgan fingerprint density at radius 2 is 2.00 bits per heavy atom. The van der Waals surface area contributed by atoms with Crippen molar-refractivity contribution in [2.24, 2.45) is 0 Å². The number of carbonyl (C=O) groups excluding carboxylic acids is 1. The third-order valence-electron chi connectivity index (χ3n) is 4.82. The van der Waals surface area contributed by atoms with E-state index in [0.29, 0.717) is 37.4 Å². The van der Waals surface area contributed by atoms with Crippen molar-refractivity contribution >= 4 is 49.1 Å². The lowest BCUT2D eigenvalue weighted by atomic mass is 10.1. The first kappa shape index (κ1) is 19.5. The number of carbonyl (C=O) groups is 1. The zero-order chi connectivity index (χ0) is 19.6. The fourth-order valence-corrected chi connectivity index (χ4v) is 7.00. The second-order valence-corrected chi connectivity index (χ2v) is 11.2. The predicted octanol–water partition coefficient (Wildman–Crippen LogP) is 3.59. The zero-order valence-electron chi connectivity index (χ0n) is 15.1.